The quantitative estimate of drug-likeness (QED) is 0.842. The Morgan fingerprint density at radius 3 is 2.78 bits per heavy atom. The van der Waals surface area contributed by atoms with Crippen molar-refractivity contribution in [3.05, 3.63) is 23.8 Å². The van der Waals surface area contributed by atoms with Crippen LogP contribution >= 0.6 is 0 Å². The second-order valence-electron chi connectivity index (χ2n) is 4.75. The molecule has 0 amide bonds. The second-order valence-corrected chi connectivity index (χ2v) is 4.75. The van der Waals surface area contributed by atoms with Gasteiger partial charge < -0.3 is 19.7 Å². The normalized spacial score (nSPS) is 18.3. The summed E-state index contributed by atoms with van der Waals surface area (Å²) in [6.45, 7) is 4.44. The van der Waals surface area contributed by atoms with Gasteiger partial charge in [0.05, 0.1) is 5.60 Å². The van der Waals surface area contributed by atoms with E-state index in [9.17, 15) is 10.2 Å². The minimum absolute atomic E-state index is 0.265. The van der Waals surface area contributed by atoms with E-state index in [1.807, 2.05) is 13.8 Å². The molecule has 4 heteroatoms. The Balaban J connectivity index is 2.03. The van der Waals surface area contributed by atoms with Crippen molar-refractivity contribution in [3.8, 4) is 11.5 Å². The molecule has 1 unspecified atom stereocenters. The largest absolute Gasteiger partial charge is 0.490 e. The Bertz CT molecular complexity index is 412. The summed E-state index contributed by atoms with van der Waals surface area (Å²) in [5.74, 6) is 1.32. The van der Waals surface area contributed by atoms with Crippen LogP contribution in [0.5, 0.6) is 11.5 Å². The van der Waals surface area contributed by atoms with Gasteiger partial charge in [0, 0.05) is 11.6 Å². The number of hydrogen-bond donors (Lipinski definition) is 2. The van der Waals surface area contributed by atoms with Gasteiger partial charge in [-0.05, 0) is 25.0 Å². The molecular weight excluding hydrogens is 232 g/mol. The molecule has 0 bridgehead atoms. The number of aliphatic hydroxyl groups excluding tert-OH is 1. The van der Waals surface area contributed by atoms with Crippen LogP contribution in [0, 0.1) is 0 Å². The lowest BCUT2D eigenvalue weighted by atomic mass is 9.99. The first kappa shape index (κ1) is 13.2. The zero-order chi connectivity index (χ0) is 13.2. The van der Waals surface area contributed by atoms with E-state index >= 15 is 0 Å². The first-order valence-electron chi connectivity index (χ1n) is 6.38. The third-order valence-electron chi connectivity index (χ3n) is 3.56. The maximum atomic E-state index is 10.1. The number of aliphatic hydroxyl groups is 2. The zero-order valence-electron chi connectivity index (χ0n) is 10.8. The van der Waals surface area contributed by atoms with Gasteiger partial charge in [-0.3, -0.25) is 0 Å². The molecule has 1 atom stereocenters. The fourth-order valence-electron chi connectivity index (χ4n) is 1.94. The first-order chi connectivity index (χ1) is 8.58. The Kier molecular flexibility index (Phi) is 3.78. The van der Waals surface area contributed by atoms with Crippen LogP contribution in [-0.2, 0) is 0 Å². The first-order valence-corrected chi connectivity index (χ1v) is 6.38. The molecule has 2 N–H and O–H groups in total. The highest BCUT2D eigenvalue weighted by atomic mass is 16.5. The average molecular weight is 252 g/mol. The van der Waals surface area contributed by atoms with Gasteiger partial charge in [-0.25, -0.2) is 0 Å². The van der Waals surface area contributed by atoms with Gasteiger partial charge in [0.25, 0.3) is 0 Å². The van der Waals surface area contributed by atoms with Crippen molar-refractivity contribution in [2.24, 2.45) is 0 Å². The molecule has 18 heavy (non-hydrogen) atoms. The number of ether oxygens (including phenoxy) is 2. The predicted octanol–water partition coefficient (Wildman–Crippen LogP) is 2.04. The van der Waals surface area contributed by atoms with Crippen LogP contribution in [0.15, 0.2) is 18.2 Å². The average Bonchev–Trinajstić information content (AvgIpc) is 2.77. The lowest BCUT2D eigenvalue weighted by Crippen LogP contribution is -2.34. The SMILES string of the molecule is CCC(O)(CC)COc1ccc2c(c1)OCC2O. The lowest BCUT2D eigenvalue weighted by Gasteiger charge is -2.25. The van der Waals surface area contributed by atoms with Gasteiger partial charge in [-0.15, -0.1) is 0 Å². The molecule has 1 aromatic rings. The molecule has 0 fully saturated rings. The van der Waals surface area contributed by atoms with Gasteiger partial charge in [-0.1, -0.05) is 13.8 Å². The molecule has 0 saturated carbocycles. The van der Waals surface area contributed by atoms with Crippen LogP contribution in [0.3, 0.4) is 0 Å². The molecule has 2 rings (SSSR count). The maximum absolute atomic E-state index is 10.1. The van der Waals surface area contributed by atoms with Gasteiger partial charge in [0.15, 0.2) is 0 Å². The highest BCUT2D eigenvalue weighted by molar-refractivity contribution is 5.44. The molecule has 1 aliphatic heterocycles. The highest BCUT2D eigenvalue weighted by Gasteiger charge is 2.25. The molecule has 100 valence electrons. The van der Waals surface area contributed by atoms with Gasteiger partial charge >= 0.3 is 0 Å². The molecule has 1 aromatic carbocycles. The molecular formula is C14H20O4. The van der Waals surface area contributed by atoms with Crippen molar-refractivity contribution in [2.45, 2.75) is 38.4 Å². The molecule has 0 aliphatic carbocycles. The Labute approximate surface area is 107 Å². The number of hydrogen-bond acceptors (Lipinski definition) is 4. The van der Waals surface area contributed by atoms with E-state index in [2.05, 4.69) is 0 Å². The summed E-state index contributed by atoms with van der Waals surface area (Å²) in [6.07, 6.45) is 0.769. The Morgan fingerprint density at radius 2 is 2.11 bits per heavy atom. The summed E-state index contributed by atoms with van der Waals surface area (Å²) in [7, 11) is 0. The third kappa shape index (κ3) is 2.60. The number of rotatable bonds is 5. The van der Waals surface area contributed by atoms with E-state index in [1.165, 1.54) is 0 Å². The minimum Gasteiger partial charge on any atom is -0.490 e. The van der Waals surface area contributed by atoms with Crippen molar-refractivity contribution in [2.75, 3.05) is 13.2 Å². The topological polar surface area (TPSA) is 58.9 Å². The summed E-state index contributed by atoms with van der Waals surface area (Å²) in [5, 5.41) is 19.7. The van der Waals surface area contributed by atoms with E-state index < -0.39 is 11.7 Å². The van der Waals surface area contributed by atoms with Gasteiger partial charge in [0.1, 0.15) is 30.8 Å². The van der Waals surface area contributed by atoms with Crippen LogP contribution in [-0.4, -0.2) is 29.0 Å². The minimum atomic E-state index is -0.778. The summed E-state index contributed by atoms with van der Waals surface area (Å²) in [6, 6.07) is 5.36. The van der Waals surface area contributed by atoms with Crippen LogP contribution in [0.4, 0.5) is 0 Å². The standard InChI is InChI=1S/C14H20O4/c1-3-14(16,4-2)9-18-10-5-6-11-12(15)8-17-13(11)7-10/h5-7,12,15-16H,3-4,8-9H2,1-2H3. The van der Waals surface area contributed by atoms with Gasteiger partial charge in [0.2, 0.25) is 0 Å². The summed E-state index contributed by atoms with van der Waals surface area (Å²) >= 11 is 0. The summed E-state index contributed by atoms with van der Waals surface area (Å²) in [4.78, 5) is 0. The van der Waals surface area contributed by atoms with Crippen molar-refractivity contribution >= 4 is 0 Å². The van der Waals surface area contributed by atoms with Crippen molar-refractivity contribution in [3.63, 3.8) is 0 Å². The van der Waals surface area contributed by atoms with Crippen molar-refractivity contribution in [1.82, 2.24) is 0 Å². The Morgan fingerprint density at radius 1 is 1.39 bits per heavy atom. The molecule has 1 aliphatic rings. The van der Waals surface area contributed by atoms with Gasteiger partial charge in [-0.2, -0.15) is 0 Å². The lowest BCUT2D eigenvalue weighted by molar-refractivity contribution is -0.0114. The van der Waals surface area contributed by atoms with E-state index in [-0.39, 0.29) is 6.61 Å². The molecule has 0 aromatic heterocycles. The van der Waals surface area contributed by atoms with Crippen LogP contribution in [0.1, 0.15) is 38.4 Å². The van der Waals surface area contributed by atoms with E-state index in [4.69, 9.17) is 9.47 Å². The van der Waals surface area contributed by atoms with E-state index in [0.717, 1.165) is 5.56 Å². The van der Waals surface area contributed by atoms with E-state index in [1.54, 1.807) is 18.2 Å². The number of benzene rings is 1. The van der Waals surface area contributed by atoms with Crippen LogP contribution in [0.2, 0.25) is 0 Å². The monoisotopic (exact) mass is 252 g/mol. The molecule has 4 nitrogen and oxygen atoms in total. The highest BCUT2D eigenvalue weighted by Crippen LogP contribution is 2.35. The van der Waals surface area contributed by atoms with Crippen molar-refractivity contribution < 1.29 is 19.7 Å². The number of fused-ring (bicyclic) bond motifs is 1. The molecule has 0 saturated heterocycles. The molecule has 0 radical (unpaired) electrons. The van der Waals surface area contributed by atoms with Crippen LogP contribution < -0.4 is 9.47 Å². The molecule has 1 heterocycles. The molecule has 0 spiro atoms. The smallest absolute Gasteiger partial charge is 0.129 e. The van der Waals surface area contributed by atoms with E-state index in [0.29, 0.717) is 30.9 Å². The third-order valence-corrected chi connectivity index (χ3v) is 3.56. The fourth-order valence-corrected chi connectivity index (χ4v) is 1.94. The summed E-state index contributed by atoms with van der Waals surface area (Å²) in [5.41, 5.74) is 0.0166. The maximum Gasteiger partial charge on any atom is 0.129 e. The Hall–Kier alpha value is -1.26. The predicted molar refractivity (Wildman–Crippen MR) is 67.9 cm³/mol. The fraction of sp³-hybridized carbons (Fsp3) is 0.571. The van der Waals surface area contributed by atoms with Crippen molar-refractivity contribution in [1.29, 1.82) is 0 Å². The zero-order valence-corrected chi connectivity index (χ0v) is 10.8. The second kappa shape index (κ2) is 5.16. The summed E-state index contributed by atoms with van der Waals surface area (Å²) < 4.78 is 10.9. The van der Waals surface area contributed by atoms with Crippen LogP contribution in [0.25, 0.3) is 0 Å².